The highest BCUT2D eigenvalue weighted by molar-refractivity contribution is 9.09. The molecule has 3 heteroatoms. The van der Waals surface area contributed by atoms with E-state index in [0.29, 0.717) is 16.7 Å². The molecule has 2 nitrogen and oxygen atoms in total. The summed E-state index contributed by atoms with van der Waals surface area (Å²) in [5.41, 5.74) is 3.95. The molecule has 1 fully saturated rings. The van der Waals surface area contributed by atoms with Crippen molar-refractivity contribution in [1.29, 1.82) is 0 Å². The van der Waals surface area contributed by atoms with Crippen LogP contribution in [0.25, 0.3) is 0 Å². The van der Waals surface area contributed by atoms with Crippen molar-refractivity contribution in [3.63, 3.8) is 0 Å². The lowest BCUT2D eigenvalue weighted by atomic mass is 9.79. The Hall–Kier alpha value is -0.830. The van der Waals surface area contributed by atoms with Crippen molar-refractivity contribution in [3.8, 4) is 0 Å². The van der Waals surface area contributed by atoms with Crippen LogP contribution in [0, 0.1) is 17.8 Å². The molecule has 1 aromatic carbocycles. The first-order chi connectivity index (χ1) is 13.5. The maximum Gasteiger partial charge on any atom is 0.230 e. The van der Waals surface area contributed by atoms with Gasteiger partial charge in [-0.2, -0.15) is 0 Å². The van der Waals surface area contributed by atoms with Crippen LogP contribution in [0.4, 0.5) is 5.69 Å². The van der Waals surface area contributed by atoms with Gasteiger partial charge in [0.1, 0.15) is 0 Å². The molecule has 0 aromatic heterocycles. The first-order valence-corrected chi connectivity index (χ1v) is 12.5. The Balaban J connectivity index is 1.64. The van der Waals surface area contributed by atoms with Gasteiger partial charge in [-0.15, -0.1) is 0 Å². The highest BCUT2D eigenvalue weighted by Crippen LogP contribution is 2.36. The Labute approximate surface area is 180 Å². The van der Waals surface area contributed by atoms with Gasteiger partial charge in [-0.05, 0) is 74.0 Å². The second-order valence-corrected chi connectivity index (χ2v) is 10.6. The van der Waals surface area contributed by atoms with E-state index in [1.165, 1.54) is 48.9 Å². The number of alkyl halides is 1. The minimum atomic E-state index is 0.247. The van der Waals surface area contributed by atoms with Crippen molar-refractivity contribution >= 4 is 27.5 Å². The molecule has 0 saturated heterocycles. The van der Waals surface area contributed by atoms with Crippen LogP contribution in [-0.4, -0.2) is 17.3 Å². The topological polar surface area (TPSA) is 20.3 Å². The van der Waals surface area contributed by atoms with Crippen molar-refractivity contribution in [2.24, 2.45) is 17.8 Å². The Morgan fingerprint density at radius 1 is 1.21 bits per heavy atom. The summed E-state index contributed by atoms with van der Waals surface area (Å²) < 4.78 is 0. The summed E-state index contributed by atoms with van der Waals surface area (Å²) in [4.78, 5) is 15.9. The van der Waals surface area contributed by atoms with Gasteiger partial charge in [0, 0.05) is 23.0 Å². The lowest BCUT2D eigenvalue weighted by Crippen LogP contribution is -2.40. The van der Waals surface area contributed by atoms with Gasteiger partial charge in [0.25, 0.3) is 0 Å². The summed E-state index contributed by atoms with van der Waals surface area (Å²) in [5.74, 6) is 2.12. The van der Waals surface area contributed by atoms with Crippen LogP contribution in [0.3, 0.4) is 0 Å². The largest absolute Gasteiger partial charge is 0.312 e. The predicted octanol–water partition coefficient (Wildman–Crippen LogP) is 6.92. The third-order valence-electron chi connectivity index (χ3n) is 6.84. The van der Waals surface area contributed by atoms with Crippen LogP contribution in [0.2, 0.25) is 0 Å². The van der Waals surface area contributed by atoms with Crippen LogP contribution < -0.4 is 4.90 Å². The van der Waals surface area contributed by atoms with Gasteiger partial charge in [-0.1, -0.05) is 68.1 Å². The summed E-state index contributed by atoms with van der Waals surface area (Å²) in [7, 11) is 0. The van der Waals surface area contributed by atoms with E-state index in [-0.39, 0.29) is 5.92 Å². The molecule has 0 radical (unpaired) electrons. The molecule has 0 N–H and O–H groups in total. The van der Waals surface area contributed by atoms with Gasteiger partial charge >= 0.3 is 0 Å². The second kappa shape index (κ2) is 10.3. The fraction of sp³-hybridized carbons (Fsp3) is 0.720. The molecular weight excluding hydrogens is 410 g/mol. The molecule has 156 valence electrons. The molecule has 1 aliphatic heterocycles. The lowest BCUT2D eigenvalue weighted by Gasteiger charge is -2.35. The maximum absolute atomic E-state index is 13.3. The number of carbonyl (C=O) groups is 1. The Morgan fingerprint density at radius 3 is 2.64 bits per heavy atom. The van der Waals surface area contributed by atoms with E-state index >= 15 is 0 Å². The summed E-state index contributed by atoms with van der Waals surface area (Å²) >= 11 is 3.82. The monoisotopic (exact) mass is 447 g/mol. The van der Waals surface area contributed by atoms with Crippen LogP contribution in [0.5, 0.6) is 0 Å². The fourth-order valence-corrected chi connectivity index (χ4v) is 5.25. The number of benzene rings is 1. The van der Waals surface area contributed by atoms with Crippen LogP contribution in [0.1, 0.15) is 83.3 Å². The second-order valence-electron chi connectivity index (χ2n) is 9.38. The molecule has 1 atom stereocenters. The van der Waals surface area contributed by atoms with E-state index in [9.17, 15) is 4.79 Å². The van der Waals surface area contributed by atoms with Gasteiger partial charge in [-0.25, -0.2) is 0 Å². The molecule has 1 heterocycles. The molecular formula is C25H38BrNO. The number of fused-ring (bicyclic) bond motifs is 1. The van der Waals surface area contributed by atoms with E-state index < -0.39 is 0 Å². The Bertz CT molecular complexity index is 648. The predicted molar refractivity (Wildman–Crippen MR) is 123 cm³/mol. The van der Waals surface area contributed by atoms with E-state index in [0.717, 1.165) is 44.6 Å². The zero-order chi connectivity index (χ0) is 20.1. The highest BCUT2D eigenvalue weighted by Gasteiger charge is 2.32. The molecule has 1 aliphatic carbocycles. The molecule has 1 amide bonds. The summed E-state index contributed by atoms with van der Waals surface area (Å²) in [5, 5.41) is 0. The number of hydrogen-bond acceptors (Lipinski definition) is 1. The van der Waals surface area contributed by atoms with Gasteiger partial charge in [0.05, 0.1) is 0 Å². The fourth-order valence-electron chi connectivity index (χ4n) is 4.88. The summed E-state index contributed by atoms with van der Waals surface area (Å²) in [6.07, 6.45) is 11.9. The van der Waals surface area contributed by atoms with Crippen molar-refractivity contribution in [2.45, 2.75) is 89.8 Å². The normalized spacial score (nSPS) is 23.5. The number of carbonyl (C=O) groups excluding carboxylic acids is 1. The van der Waals surface area contributed by atoms with Gasteiger partial charge < -0.3 is 4.90 Å². The number of nitrogens with zero attached hydrogens (tertiary/aromatic N) is 1. The maximum atomic E-state index is 13.3. The number of aryl methyl sites for hydroxylation is 1. The van der Waals surface area contributed by atoms with E-state index in [4.69, 9.17) is 0 Å². The first-order valence-electron chi connectivity index (χ1n) is 11.6. The van der Waals surface area contributed by atoms with Crippen LogP contribution >= 0.6 is 15.9 Å². The van der Waals surface area contributed by atoms with E-state index in [1.807, 2.05) is 0 Å². The number of amides is 1. The molecule has 2 aliphatic rings. The van der Waals surface area contributed by atoms with Crippen LogP contribution in [0.15, 0.2) is 18.2 Å². The van der Waals surface area contributed by atoms with Crippen molar-refractivity contribution in [3.05, 3.63) is 29.3 Å². The quantitative estimate of drug-likeness (QED) is 0.415. The number of hydrogen-bond donors (Lipinski definition) is 0. The molecule has 1 saturated carbocycles. The number of rotatable bonds is 7. The third kappa shape index (κ3) is 5.40. The summed E-state index contributed by atoms with van der Waals surface area (Å²) in [6.45, 7) is 7.69. The van der Waals surface area contributed by atoms with Crippen molar-refractivity contribution in [2.75, 3.05) is 11.4 Å². The zero-order valence-electron chi connectivity index (χ0n) is 18.1. The smallest absolute Gasteiger partial charge is 0.230 e. The Kier molecular flexibility index (Phi) is 8.02. The van der Waals surface area contributed by atoms with Gasteiger partial charge in [0.15, 0.2) is 0 Å². The average molecular weight is 448 g/mol. The van der Waals surface area contributed by atoms with Gasteiger partial charge in [0.2, 0.25) is 5.91 Å². The third-order valence-corrected chi connectivity index (χ3v) is 8.23. The minimum Gasteiger partial charge on any atom is -0.312 e. The molecule has 1 unspecified atom stereocenters. The van der Waals surface area contributed by atoms with Crippen LogP contribution in [-0.2, 0) is 17.6 Å². The van der Waals surface area contributed by atoms with E-state index in [2.05, 4.69) is 59.8 Å². The van der Waals surface area contributed by atoms with Crippen molar-refractivity contribution < 1.29 is 4.79 Å². The Morgan fingerprint density at radius 2 is 1.96 bits per heavy atom. The standard InChI is InChI=1S/C25H38BrNO/c1-4-5-7-19-9-12-21(13-10-19)25(28)27-15-6-8-22-16-20(11-14-24(22)27)17-23(26)18(2)3/h11,14,16,18-19,21,23H,4-10,12-13,15,17H2,1-3H3. The van der Waals surface area contributed by atoms with Gasteiger partial charge in [-0.3, -0.25) is 4.79 Å². The number of unbranched alkanes of at least 4 members (excludes halogenated alkanes) is 1. The molecule has 1 aromatic rings. The van der Waals surface area contributed by atoms with Crippen molar-refractivity contribution in [1.82, 2.24) is 0 Å². The molecule has 0 spiro atoms. The summed E-state index contributed by atoms with van der Waals surface area (Å²) in [6, 6.07) is 6.81. The number of anilines is 1. The average Bonchev–Trinajstić information content (AvgIpc) is 2.71. The highest BCUT2D eigenvalue weighted by atomic mass is 79.9. The molecule has 28 heavy (non-hydrogen) atoms. The first kappa shape index (κ1) is 21.9. The molecule has 0 bridgehead atoms. The van der Waals surface area contributed by atoms with E-state index in [1.54, 1.807) is 0 Å². The molecule has 3 rings (SSSR count). The lowest BCUT2D eigenvalue weighted by molar-refractivity contribution is -0.123. The number of halogens is 1. The minimum absolute atomic E-state index is 0.247. The zero-order valence-corrected chi connectivity index (χ0v) is 19.6. The SMILES string of the molecule is CCCCC1CCC(C(=O)N2CCCc3cc(CC(Br)C(C)C)ccc32)CC1.